The molecule has 0 aromatic carbocycles. The Morgan fingerprint density at radius 1 is 1.21 bits per heavy atom. The molecule has 1 heterocycles. The third-order valence-corrected chi connectivity index (χ3v) is 5.80. The van der Waals surface area contributed by atoms with E-state index in [0.717, 1.165) is 0 Å². The first kappa shape index (κ1) is 16.2. The highest BCUT2D eigenvalue weighted by Gasteiger charge is 2.33. The second-order valence-corrected chi connectivity index (χ2v) is 7.12. The molecule has 0 aliphatic rings. The van der Waals surface area contributed by atoms with Crippen LogP contribution in [0, 0.1) is 19.8 Å². The minimum Gasteiger partial charge on any atom is -0.465 e. The van der Waals surface area contributed by atoms with Crippen LogP contribution in [-0.2, 0) is 16.6 Å². The lowest BCUT2D eigenvalue weighted by Crippen LogP contribution is -2.38. The highest BCUT2D eigenvalue weighted by Crippen LogP contribution is 2.30. The number of furan rings is 1. The van der Waals surface area contributed by atoms with Crippen LogP contribution in [0.3, 0.4) is 0 Å². The molecule has 0 radical (unpaired) electrons. The van der Waals surface area contributed by atoms with Crippen molar-refractivity contribution in [3.63, 3.8) is 0 Å². The average Bonchev–Trinajstić information content (AvgIpc) is 2.61. The van der Waals surface area contributed by atoms with Gasteiger partial charge in [-0.2, -0.15) is 4.31 Å². The molecule has 0 fully saturated rings. The number of aryl methyl sites for hydroxylation is 2. The molecule has 1 atom stereocenters. The van der Waals surface area contributed by atoms with Crippen LogP contribution in [-0.4, -0.2) is 30.9 Å². The number of nitrogens with zero attached hydrogens (tertiary/aromatic N) is 1. The second-order valence-electron chi connectivity index (χ2n) is 5.19. The van der Waals surface area contributed by atoms with Gasteiger partial charge in [-0.25, -0.2) is 8.42 Å². The SMILES string of the molecule is Cc1oc(C)c(S(=O)(=O)N(C)C(C)C(C)C)c1CO. The van der Waals surface area contributed by atoms with E-state index in [2.05, 4.69) is 0 Å². The van der Waals surface area contributed by atoms with E-state index in [0.29, 0.717) is 17.1 Å². The van der Waals surface area contributed by atoms with E-state index in [1.807, 2.05) is 20.8 Å². The minimum atomic E-state index is -3.66. The lowest BCUT2D eigenvalue weighted by atomic mass is 10.1. The van der Waals surface area contributed by atoms with Gasteiger partial charge < -0.3 is 9.52 Å². The third-order valence-electron chi connectivity index (χ3n) is 3.66. The van der Waals surface area contributed by atoms with Gasteiger partial charge in [0.2, 0.25) is 10.0 Å². The van der Waals surface area contributed by atoms with Gasteiger partial charge in [0.15, 0.2) is 0 Å². The summed E-state index contributed by atoms with van der Waals surface area (Å²) in [4.78, 5) is 0.0995. The quantitative estimate of drug-likeness (QED) is 0.900. The van der Waals surface area contributed by atoms with E-state index in [-0.39, 0.29) is 23.5 Å². The zero-order chi connectivity index (χ0) is 15.0. The van der Waals surface area contributed by atoms with Gasteiger partial charge in [-0.05, 0) is 26.7 Å². The first-order valence-corrected chi connectivity index (χ1v) is 7.76. The summed E-state index contributed by atoms with van der Waals surface area (Å²) in [7, 11) is -2.10. The molecular weight excluding hydrogens is 266 g/mol. The molecule has 0 aliphatic carbocycles. The largest absolute Gasteiger partial charge is 0.465 e. The maximum Gasteiger partial charge on any atom is 0.246 e. The minimum absolute atomic E-state index is 0.0995. The van der Waals surface area contributed by atoms with Crippen molar-refractivity contribution in [3.05, 3.63) is 17.1 Å². The molecule has 1 aromatic heterocycles. The van der Waals surface area contributed by atoms with Crippen molar-refractivity contribution in [2.24, 2.45) is 5.92 Å². The van der Waals surface area contributed by atoms with E-state index in [9.17, 15) is 13.5 Å². The molecule has 19 heavy (non-hydrogen) atoms. The Morgan fingerprint density at radius 3 is 2.16 bits per heavy atom. The third kappa shape index (κ3) is 2.85. The van der Waals surface area contributed by atoms with Crippen molar-refractivity contribution in [3.8, 4) is 0 Å². The molecule has 1 N–H and O–H groups in total. The van der Waals surface area contributed by atoms with E-state index >= 15 is 0 Å². The van der Waals surface area contributed by atoms with Gasteiger partial charge in [0, 0.05) is 18.7 Å². The summed E-state index contributed by atoms with van der Waals surface area (Å²) in [6.07, 6.45) is 0. The molecule has 0 saturated heterocycles. The molecule has 0 bridgehead atoms. The van der Waals surface area contributed by atoms with Gasteiger partial charge in [0.1, 0.15) is 16.4 Å². The van der Waals surface area contributed by atoms with E-state index in [4.69, 9.17) is 4.42 Å². The smallest absolute Gasteiger partial charge is 0.246 e. The summed E-state index contributed by atoms with van der Waals surface area (Å²) >= 11 is 0. The van der Waals surface area contributed by atoms with Crippen molar-refractivity contribution in [1.82, 2.24) is 4.31 Å². The van der Waals surface area contributed by atoms with Crippen LogP contribution < -0.4 is 0 Å². The lowest BCUT2D eigenvalue weighted by molar-refractivity contribution is 0.275. The first-order chi connectivity index (χ1) is 8.64. The fraction of sp³-hybridized carbons (Fsp3) is 0.692. The molecule has 1 aromatic rings. The molecule has 0 spiro atoms. The van der Waals surface area contributed by atoms with Crippen molar-refractivity contribution in [1.29, 1.82) is 0 Å². The van der Waals surface area contributed by atoms with Crippen LogP contribution >= 0.6 is 0 Å². The van der Waals surface area contributed by atoms with Gasteiger partial charge in [-0.1, -0.05) is 13.8 Å². The highest BCUT2D eigenvalue weighted by atomic mass is 32.2. The molecule has 1 unspecified atom stereocenters. The second kappa shape index (κ2) is 5.64. The van der Waals surface area contributed by atoms with Crippen molar-refractivity contribution < 1.29 is 17.9 Å². The molecule has 0 aliphatic heterocycles. The van der Waals surface area contributed by atoms with Crippen LogP contribution in [0.1, 0.15) is 37.9 Å². The summed E-state index contributed by atoms with van der Waals surface area (Å²) in [5, 5.41) is 9.36. The van der Waals surface area contributed by atoms with E-state index in [1.165, 1.54) is 4.31 Å². The van der Waals surface area contributed by atoms with E-state index in [1.54, 1.807) is 20.9 Å². The van der Waals surface area contributed by atoms with Crippen molar-refractivity contribution >= 4 is 10.0 Å². The molecule has 5 nitrogen and oxygen atoms in total. The normalized spacial score (nSPS) is 14.4. The zero-order valence-corrected chi connectivity index (χ0v) is 13.2. The molecule has 1 rings (SSSR count). The summed E-state index contributed by atoms with van der Waals surface area (Å²) in [6.45, 7) is 8.72. The van der Waals surface area contributed by atoms with Crippen LogP contribution in [0.4, 0.5) is 0 Å². The van der Waals surface area contributed by atoms with Gasteiger partial charge >= 0.3 is 0 Å². The number of hydrogen-bond acceptors (Lipinski definition) is 4. The Balaban J connectivity index is 3.36. The van der Waals surface area contributed by atoms with Crippen LogP contribution in [0.15, 0.2) is 9.31 Å². The lowest BCUT2D eigenvalue weighted by Gasteiger charge is -2.27. The molecule has 0 amide bonds. The van der Waals surface area contributed by atoms with Gasteiger partial charge in [0.25, 0.3) is 0 Å². The van der Waals surface area contributed by atoms with Gasteiger partial charge in [0.05, 0.1) is 6.61 Å². The first-order valence-electron chi connectivity index (χ1n) is 6.32. The molecule has 6 heteroatoms. The molecule has 0 saturated carbocycles. The standard InChI is InChI=1S/C13H23NO4S/c1-8(2)9(3)14(6)19(16,17)13-11(5)18-10(4)12(13)7-15/h8-9,15H,7H2,1-6H3. The Morgan fingerprint density at radius 2 is 1.74 bits per heavy atom. The topological polar surface area (TPSA) is 70.8 Å². The zero-order valence-electron chi connectivity index (χ0n) is 12.4. The number of sulfonamides is 1. The summed E-state index contributed by atoms with van der Waals surface area (Å²) in [6, 6.07) is -0.133. The van der Waals surface area contributed by atoms with Crippen LogP contribution in [0.25, 0.3) is 0 Å². The Labute approximate surface area is 115 Å². The van der Waals surface area contributed by atoms with Crippen molar-refractivity contribution in [2.75, 3.05) is 7.05 Å². The number of aliphatic hydroxyl groups is 1. The fourth-order valence-electron chi connectivity index (χ4n) is 2.01. The number of aliphatic hydroxyl groups excluding tert-OH is 1. The van der Waals surface area contributed by atoms with Crippen LogP contribution in [0.5, 0.6) is 0 Å². The summed E-state index contributed by atoms with van der Waals surface area (Å²) < 4.78 is 32.0. The Bertz CT molecular complexity index is 545. The summed E-state index contributed by atoms with van der Waals surface area (Å²) in [5.74, 6) is 0.971. The molecular formula is C13H23NO4S. The summed E-state index contributed by atoms with van der Waals surface area (Å²) in [5.41, 5.74) is 0.348. The predicted octanol–water partition coefficient (Wildman–Crippen LogP) is 2.05. The van der Waals surface area contributed by atoms with Crippen molar-refractivity contribution in [2.45, 2.75) is 52.2 Å². The maximum absolute atomic E-state index is 12.6. The van der Waals surface area contributed by atoms with Crippen LogP contribution in [0.2, 0.25) is 0 Å². The maximum atomic E-state index is 12.6. The number of hydrogen-bond donors (Lipinski definition) is 1. The monoisotopic (exact) mass is 289 g/mol. The fourth-order valence-corrected chi connectivity index (χ4v) is 3.91. The number of rotatable bonds is 5. The Hall–Kier alpha value is -0.850. The van der Waals surface area contributed by atoms with Gasteiger partial charge in [-0.15, -0.1) is 0 Å². The highest BCUT2D eigenvalue weighted by molar-refractivity contribution is 7.89. The Kier molecular flexibility index (Phi) is 4.81. The predicted molar refractivity (Wildman–Crippen MR) is 73.4 cm³/mol. The average molecular weight is 289 g/mol. The van der Waals surface area contributed by atoms with E-state index < -0.39 is 10.0 Å². The molecule has 110 valence electrons. The van der Waals surface area contributed by atoms with Gasteiger partial charge in [-0.3, -0.25) is 0 Å².